The van der Waals surface area contributed by atoms with Gasteiger partial charge in [-0.3, -0.25) is 4.68 Å². The quantitative estimate of drug-likeness (QED) is 0.802. The van der Waals surface area contributed by atoms with Crippen LogP contribution in [0.3, 0.4) is 0 Å². The molecule has 2 aromatic heterocycles. The van der Waals surface area contributed by atoms with Crippen LogP contribution in [0.4, 0.5) is 0 Å². The number of hydrogen-bond acceptors (Lipinski definition) is 6. The minimum Gasteiger partial charge on any atom is -0.476 e. The summed E-state index contributed by atoms with van der Waals surface area (Å²) < 4.78 is 28.2. The molecule has 0 aliphatic rings. The highest BCUT2D eigenvalue weighted by atomic mass is 35.5. The maximum atomic E-state index is 12.0. The summed E-state index contributed by atoms with van der Waals surface area (Å²) in [6.45, 7) is 1.94. The summed E-state index contributed by atoms with van der Waals surface area (Å²) in [5, 5.41) is 15.7. The Bertz CT molecular complexity index is 748. The van der Waals surface area contributed by atoms with Crippen molar-refractivity contribution in [3.05, 3.63) is 27.9 Å². The first kappa shape index (κ1) is 15.9. The van der Waals surface area contributed by atoms with Crippen LogP contribution in [-0.2, 0) is 16.6 Å². The van der Waals surface area contributed by atoms with Crippen molar-refractivity contribution in [2.75, 3.05) is 6.54 Å². The Morgan fingerprint density at radius 1 is 1.57 bits per heavy atom. The normalized spacial score (nSPS) is 11.7. The number of halogens is 1. The van der Waals surface area contributed by atoms with Gasteiger partial charge in [0, 0.05) is 6.54 Å². The fraction of sp³-hybridized carbons (Fsp3) is 0.300. The molecule has 2 N–H and O–H groups in total. The Hall–Kier alpha value is -1.49. The lowest BCUT2D eigenvalue weighted by molar-refractivity contribution is 0.0690. The number of aryl methyl sites for hydroxylation is 1. The summed E-state index contributed by atoms with van der Waals surface area (Å²) in [5.74, 6) is -1.19. The minimum absolute atomic E-state index is 0.0549. The highest BCUT2D eigenvalue weighted by molar-refractivity contribution is 7.91. The summed E-state index contributed by atoms with van der Waals surface area (Å²) in [6, 6.07) is 1.49. The van der Waals surface area contributed by atoms with Crippen LogP contribution in [0.1, 0.15) is 16.1 Å². The molecule has 11 heteroatoms. The molecule has 0 aromatic carbocycles. The number of sulfonamides is 1. The molecule has 0 amide bonds. The van der Waals surface area contributed by atoms with E-state index in [2.05, 4.69) is 15.0 Å². The fourth-order valence-corrected chi connectivity index (χ4v) is 4.21. The molecule has 2 heterocycles. The smallest absolute Gasteiger partial charge is 0.358 e. The zero-order chi connectivity index (χ0) is 15.6. The van der Waals surface area contributed by atoms with Crippen molar-refractivity contribution in [2.45, 2.75) is 17.7 Å². The van der Waals surface area contributed by atoms with E-state index in [1.54, 1.807) is 6.92 Å². The number of hydrogen-bond donors (Lipinski definition) is 2. The van der Waals surface area contributed by atoms with Crippen LogP contribution in [0.25, 0.3) is 0 Å². The van der Waals surface area contributed by atoms with Crippen LogP contribution in [0.2, 0.25) is 4.34 Å². The predicted octanol–water partition coefficient (Wildman–Crippen LogP) is 0.978. The molecule has 114 valence electrons. The second-order valence-corrected chi connectivity index (χ2v) is 7.74. The second-order valence-electron chi connectivity index (χ2n) is 4.09. The SMILES string of the molecule is Cc1cc(S(=O)(=O)NCCn2cc(C(=O)O)nn2)sc1Cl. The van der Waals surface area contributed by atoms with E-state index in [1.165, 1.54) is 16.9 Å². The maximum Gasteiger partial charge on any atom is 0.358 e. The van der Waals surface area contributed by atoms with Crippen LogP contribution >= 0.6 is 22.9 Å². The van der Waals surface area contributed by atoms with Gasteiger partial charge < -0.3 is 5.11 Å². The average molecular weight is 351 g/mol. The highest BCUT2D eigenvalue weighted by Gasteiger charge is 2.18. The van der Waals surface area contributed by atoms with Gasteiger partial charge in [-0.2, -0.15) is 0 Å². The largest absolute Gasteiger partial charge is 0.476 e. The molecule has 0 atom stereocenters. The van der Waals surface area contributed by atoms with E-state index in [0.717, 1.165) is 11.3 Å². The molecule has 0 fully saturated rings. The minimum atomic E-state index is -3.64. The van der Waals surface area contributed by atoms with Gasteiger partial charge in [0.2, 0.25) is 10.0 Å². The number of carbonyl (C=O) groups is 1. The van der Waals surface area contributed by atoms with Crippen LogP contribution in [-0.4, -0.2) is 41.0 Å². The lowest BCUT2D eigenvalue weighted by atomic mass is 10.4. The average Bonchev–Trinajstić information content (AvgIpc) is 2.98. The van der Waals surface area contributed by atoms with Gasteiger partial charge in [-0.15, -0.1) is 16.4 Å². The Kier molecular flexibility index (Phi) is 4.61. The molecule has 0 radical (unpaired) electrons. The van der Waals surface area contributed by atoms with E-state index >= 15 is 0 Å². The van der Waals surface area contributed by atoms with E-state index in [0.29, 0.717) is 9.90 Å². The van der Waals surface area contributed by atoms with Gasteiger partial charge in [0.15, 0.2) is 5.69 Å². The first-order chi connectivity index (χ1) is 9.79. The van der Waals surface area contributed by atoms with Crippen molar-refractivity contribution < 1.29 is 18.3 Å². The molecule has 0 aliphatic heterocycles. The van der Waals surface area contributed by atoms with Gasteiger partial charge in [0.25, 0.3) is 0 Å². The van der Waals surface area contributed by atoms with E-state index < -0.39 is 16.0 Å². The van der Waals surface area contributed by atoms with Gasteiger partial charge in [0.05, 0.1) is 17.1 Å². The summed E-state index contributed by atoms with van der Waals surface area (Å²) in [5.41, 5.74) is 0.503. The van der Waals surface area contributed by atoms with Gasteiger partial charge in [0.1, 0.15) is 4.21 Å². The number of aromatic carboxylic acids is 1. The van der Waals surface area contributed by atoms with Gasteiger partial charge >= 0.3 is 5.97 Å². The number of carboxylic acid groups (broad SMARTS) is 1. The molecule has 0 aliphatic carbocycles. The summed E-state index contributed by atoms with van der Waals surface area (Å²) in [7, 11) is -3.64. The number of rotatable bonds is 6. The van der Waals surface area contributed by atoms with E-state index in [-0.39, 0.29) is 23.0 Å². The van der Waals surface area contributed by atoms with Crippen molar-refractivity contribution in [2.24, 2.45) is 0 Å². The zero-order valence-corrected chi connectivity index (χ0v) is 13.2. The molecule has 0 spiro atoms. The standard InChI is InChI=1S/C10H11ClN4O4S2/c1-6-4-8(20-9(6)11)21(18,19)12-2-3-15-5-7(10(16)17)13-14-15/h4-5,12H,2-3H2,1H3,(H,16,17). The molecule has 0 unspecified atom stereocenters. The summed E-state index contributed by atoms with van der Waals surface area (Å²) in [4.78, 5) is 10.6. The monoisotopic (exact) mass is 350 g/mol. The van der Waals surface area contributed by atoms with Crippen LogP contribution in [0, 0.1) is 6.92 Å². The van der Waals surface area contributed by atoms with Crippen LogP contribution < -0.4 is 4.72 Å². The predicted molar refractivity (Wildman–Crippen MR) is 76.2 cm³/mol. The van der Waals surface area contributed by atoms with E-state index in [1.807, 2.05) is 0 Å². The maximum absolute atomic E-state index is 12.0. The van der Waals surface area contributed by atoms with Crippen LogP contribution in [0.15, 0.2) is 16.5 Å². The fourth-order valence-electron chi connectivity index (χ4n) is 1.44. The number of aromatic nitrogens is 3. The summed E-state index contributed by atoms with van der Waals surface area (Å²) >= 11 is 6.82. The van der Waals surface area contributed by atoms with Crippen molar-refractivity contribution in [1.82, 2.24) is 19.7 Å². The molecule has 0 bridgehead atoms. The number of carboxylic acids is 1. The Morgan fingerprint density at radius 3 is 2.81 bits per heavy atom. The van der Waals surface area contributed by atoms with E-state index in [9.17, 15) is 13.2 Å². The van der Waals surface area contributed by atoms with Crippen molar-refractivity contribution >= 4 is 38.9 Å². The molecular formula is C10H11ClN4O4S2. The third kappa shape index (κ3) is 3.79. The second kappa shape index (κ2) is 6.10. The van der Waals surface area contributed by atoms with Gasteiger partial charge in [-0.05, 0) is 18.6 Å². The highest BCUT2D eigenvalue weighted by Crippen LogP contribution is 2.29. The van der Waals surface area contributed by atoms with Crippen molar-refractivity contribution in [3.63, 3.8) is 0 Å². The molecular weight excluding hydrogens is 340 g/mol. The van der Waals surface area contributed by atoms with E-state index in [4.69, 9.17) is 16.7 Å². The molecule has 8 nitrogen and oxygen atoms in total. The molecule has 2 aromatic rings. The molecule has 0 saturated heterocycles. The summed E-state index contributed by atoms with van der Waals surface area (Å²) in [6.07, 6.45) is 1.22. The molecule has 21 heavy (non-hydrogen) atoms. The lowest BCUT2D eigenvalue weighted by Crippen LogP contribution is -2.27. The topological polar surface area (TPSA) is 114 Å². The first-order valence-electron chi connectivity index (χ1n) is 5.68. The zero-order valence-electron chi connectivity index (χ0n) is 10.8. The number of nitrogens with zero attached hydrogens (tertiary/aromatic N) is 3. The molecule has 2 rings (SSSR count). The van der Waals surface area contributed by atoms with Gasteiger partial charge in [-0.25, -0.2) is 17.9 Å². The molecule has 0 saturated carbocycles. The Balaban J connectivity index is 1.97. The van der Waals surface area contributed by atoms with Gasteiger partial charge in [-0.1, -0.05) is 16.8 Å². The van der Waals surface area contributed by atoms with Crippen molar-refractivity contribution in [3.8, 4) is 0 Å². The van der Waals surface area contributed by atoms with Crippen molar-refractivity contribution in [1.29, 1.82) is 0 Å². The Labute approximate surface area is 129 Å². The Morgan fingerprint density at radius 2 is 2.29 bits per heavy atom. The third-order valence-corrected chi connectivity index (χ3v) is 5.98. The number of nitrogens with one attached hydrogen (secondary N) is 1. The van der Waals surface area contributed by atoms with Crippen LogP contribution in [0.5, 0.6) is 0 Å². The first-order valence-corrected chi connectivity index (χ1v) is 8.36. The number of thiophene rings is 1. The lowest BCUT2D eigenvalue weighted by Gasteiger charge is -2.04. The third-order valence-electron chi connectivity index (χ3n) is 2.49.